The van der Waals surface area contributed by atoms with Crippen LogP contribution >= 0.6 is 0 Å². The fraction of sp³-hybridized carbons (Fsp3) is 0.0769. The number of benzene rings is 2. The van der Waals surface area contributed by atoms with E-state index in [1.165, 1.54) is 6.07 Å². The predicted molar refractivity (Wildman–Crippen MR) is 60.8 cm³/mol. The summed E-state index contributed by atoms with van der Waals surface area (Å²) in [6.07, 6.45) is 0. The molecule has 0 unspecified atom stereocenters. The lowest BCUT2D eigenvalue weighted by Crippen LogP contribution is -1.95. The third-order valence-electron chi connectivity index (χ3n) is 2.28. The Kier molecular flexibility index (Phi) is 3.35. The first-order valence-electron chi connectivity index (χ1n) is 5.11. The molecule has 0 aliphatic carbocycles. The summed E-state index contributed by atoms with van der Waals surface area (Å²) >= 11 is 0. The number of hydrogen-bond acceptors (Lipinski definition) is 2. The van der Waals surface area contributed by atoms with Gasteiger partial charge in [-0.2, -0.15) is 0 Å². The van der Waals surface area contributed by atoms with Crippen LogP contribution in [0, 0.1) is 11.6 Å². The van der Waals surface area contributed by atoms with E-state index in [1.807, 2.05) is 0 Å². The third kappa shape index (κ3) is 2.79. The van der Waals surface area contributed by atoms with Gasteiger partial charge in [0.2, 0.25) is 0 Å². The summed E-state index contributed by atoms with van der Waals surface area (Å²) in [5.74, 6) is -0.888. The van der Waals surface area contributed by atoms with Gasteiger partial charge >= 0.3 is 0 Å². The Labute approximate surface area is 97.6 Å². The van der Waals surface area contributed by atoms with Gasteiger partial charge in [-0.25, -0.2) is 8.78 Å². The largest absolute Gasteiger partial charge is 0.454 e. The lowest BCUT2D eigenvalue weighted by Gasteiger charge is -2.07. The zero-order valence-corrected chi connectivity index (χ0v) is 8.99. The number of nitrogens with two attached hydrogens (primary N) is 1. The summed E-state index contributed by atoms with van der Waals surface area (Å²) in [4.78, 5) is 0. The second-order valence-electron chi connectivity index (χ2n) is 3.52. The van der Waals surface area contributed by atoms with Gasteiger partial charge in [0.15, 0.2) is 11.6 Å². The number of hydrogen-bond donors (Lipinski definition) is 1. The Morgan fingerprint density at radius 2 is 1.71 bits per heavy atom. The number of rotatable bonds is 3. The van der Waals surface area contributed by atoms with Crippen molar-refractivity contribution < 1.29 is 13.5 Å². The summed E-state index contributed by atoms with van der Waals surface area (Å²) < 4.78 is 31.3. The van der Waals surface area contributed by atoms with Crippen LogP contribution in [0.15, 0.2) is 42.5 Å². The van der Waals surface area contributed by atoms with Crippen LogP contribution in [-0.4, -0.2) is 0 Å². The van der Waals surface area contributed by atoms with E-state index in [4.69, 9.17) is 10.5 Å². The quantitative estimate of drug-likeness (QED) is 0.886. The maximum Gasteiger partial charge on any atom is 0.168 e. The molecule has 0 saturated carbocycles. The molecule has 2 nitrogen and oxygen atoms in total. The van der Waals surface area contributed by atoms with Gasteiger partial charge in [-0.1, -0.05) is 12.1 Å². The molecule has 0 spiro atoms. The van der Waals surface area contributed by atoms with E-state index in [0.29, 0.717) is 12.3 Å². The molecule has 0 fully saturated rings. The predicted octanol–water partition coefficient (Wildman–Crippen LogP) is 3.22. The van der Waals surface area contributed by atoms with Crippen LogP contribution in [0.4, 0.5) is 8.78 Å². The third-order valence-corrected chi connectivity index (χ3v) is 2.28. The average molecular weight is 235 g/mol. The van der Waals surface area contributed by atoms with Crippen LogP contribution in [0.5, 0.6) is 11.5 Å². The molecule has 0 radical (unpaired) electrons. The van der Waals surface area contributed by atoms with Gasteiger partial charge in [-0.3, -0.25) is 0 Å². The van der Waals surface area contributed by atoms with Crippen LogP contribution in [-0.2, 0) is 6.54 Å². The van der Waals surface area contributed by atoms with E-state index in [9.17, 15) is 8.78 Å². The van der Waals surface area contributed by atoms with E-state index in [0.717, 1.165) is 17.7 Å². The topological polar surface area (TPSA) is 35.2 Å². The Morgan fingerprint density at radius 1 is 1.00 bits per heavy atom. The molecule has 4 heteroatoms. The minimum Gasteiger partial charge on any atom is -0.454 e. The van der Waals surface area contributed by atoms with Crippen molar-refractivity contribution in [2.24, 2.45) is 5.73 Å². The van der Waals surface area contributed by atoms with Gasteiger partial charge in [-0.05, 0) is 29.8 Å². The SMILES string of the molecule is NCc1ccc(Oc2ccc(F)cc2F)cc1. The Hall–Kier alpha value is -1.94. The summed E-state index contributed by atoms with van der Waals surface area (Å²) in [5.41, 5.74) is 6.41. The van der Waals surface area contributed by atoms with Crippen molar-refractivity contribution in [2.45, 2.75) is 6.54 Å². The highest BCUT2D eigenvalue weighted by Gasteiger charge is 2.05. The maximum absolute atomic E-state index is 13.3. The molecule has 2 aromatic rings. The zero-order valence-electron chi connectivity index (χ0n) is 8.99. The van der Waals surface area contributed by atoms with E-state index in [1.54, 1.807) is 24.3 Å². The molecule has 0 aliphatic rings. The molecule has 0 heterocycles. The molecule has 0 atom stereocenters. The molecule has 0 bridgehead atoms. The molecule has 2 aromatic carbocycles. The second kappa shape index (κ2) is 4.93. The number of ether oxygens (including phenoxy) is 1. The van der Waals surface area contributed by atoms with Crippen molar-refractivity contribution in [2.75, 3.05) is 0 Å². The maximum atomic E-state index is 13.3. The highest BCUT2D eigenvalue weighted by Crippen LogP contribution is 2.24. The Bertz CT molecular complexity index is 511. The fourth-order valence-electron chi connectivity index (χ4n) is 1.38. The lowest BCUT2D eigenvalue weighted by molar-refractivity contribution is 0.437. The minimum atomic E-state index is -0.729. The van der Waals surface area contributed by atoms with E-state index < -0.39 is 11.6 Å². The molecular formula is C13H11F2NO. The van der Waals surface area contributed by atoms with Gasteiger partial charge < -0.3 is 10.5 Å². The highest BCUT2D eigenvalue weighted by atomic mass is 19.1. The van der Waals surface area contributed by atoms with Crippen molar-refractivity contribution in [1.29, 1.82) is 0 Å². The van der Waals surface area contributed by atoms with E-state index in [2.05, 4.69) is 0 Å². The van der Waals surface area contributed by atoms with Crippen molar-refractivity contribution in [1.82, 2.24) is 0 Å². The first kappa shape index (κ1) is 11.5. The van der Waals surface area contributed by atoms with Gasteiger partial charge in [0.1, 0.15) is 11.6 Å². The fourth-order valence-corrected chi connectivity index (χ4v) is 1.38. The van der Waals surface area contributed by atoms with Gasteiger partial charge in [0.25, 0.3) is 0 Å². The lowest BCUT2D eigenvalue weighted by atomic mass is 10.2. The summed E-state index contributed by atoms with van der Waals surface area (Å²) in [7, 11) is 0. The van der Waals surface area contributed by atoms with Gasteiger partial charge in [-0.15, -0.1) is 0 Å². The molecule has 2 rings (SSSR count). The van der Waals surface area contributed by atoms with Crippen LogP contribution in [0.3, 0.4) is 0 Å². The molecule has 0 saturated heterocycles. The average Bonchev–Trinajstić information content (AvgIpc) is 2.34. The highest BCUT2D eigenvalue weighted by molar-refractivity contribution is 5.34. The van der Waals surface area contributed by atoms with E-state index in [-0.39, 0.29) is 5.75 Å². The smallest absolute Gasteiger partial charge is 0.168 e. The molecule has 0 aliphatic heterocycles. The van der Waals surface area contributed by atoms with Crippen LogP contribution in [0.25, 0.3) is 0 Å². The Balaban J connectivity index is 2.19. The molecule has 2 N–H and O–H groups in total. The van der Waals surface area contributed by atoms with Crippen molar-refractivity contribution in [3.8, 4) is 11.5 Å². The Morgan fingerprint density at radius 3 is 2.29 bits per heavy atom. The standard InChI is InChI=1S/C13H11F2NO/c14-10-3-6-13(12(15)7-10)17-11-4-1-9(8-16)2-5-11/h1-7H,8,16H2. The van der Waals surface area contributed by atoms with Crippen LogP contribution < -0.4 is 10.5 Å². The van der Waals surface area contributed by atoms with Crippen molar-refractivity contribution in [3.05, 3.63) is 59.7 Å². The molecule has 0 amide bonds. The molecular weight excluding hydrogens is 224 g/mol. The minimum absolute atomic E-state index is 0.00750. The van der Waals surface area contributed by atoms with Crippen molar-refractivity contribution in [3.63, 3.8) is 0 Å². The number of halogens is 2. The summed E-state index contributed by atoms with van der Waals surface area (Å²) in [5, 5.41) is 0. The molecule has 0 aromatic heterocycles. The first-order valence-corrected chi connectivity index (χ1v) is 5.11. The van der Waals surface area contributed by atoms with Gasteiger partial charge in [0, 0.05) is 12.6 Å². The first-order chi connectivity index (χ1) is 8.19. The van der Waals surface area contributed by atoms with Crippen LogP contribution in [0.2, 0.25) is 0 Å². The molecule has 88 valence electrons. The summed E-state index contributed by atoms with van der Waals surface area (Å²) in [6, 6.07) is 10.1. The summed E-state index contributed by atoms with van der Waals surface area (Å²) in [6.45, 7) is 0.436. The van der Waals surface area contributed by atoms with Crippen molar-refractivity contribution >= 4 is 0 Å². The van der Waals surface area contributed by atoms with E-state index >= 15 is 0 Å². The van der Waals surface area contributed by atoms with Gasteiger partial charge in [0.05, 0.1) is 0 Å². The van der Waals surface area contributed by atoms with Crippen LogP contribution in [0.1, 0.15) is 5.56 Å². The second-order valence-corrected chi connectivity index (χ2v) is 3.52. The zero-order chi connectivity index (χ0) is 12.3. The monoisotopic (exact) mass is 235 g/mol. The normalized spacial score (nSPS) is 10.3. The molecule has 17 heavy (non-hydrogen) atoms.